The maximum Gasteiger partial charge on any atom is 0.129 e. The first-order valence-corrected chi connectivity index (χ1v) is 8.06. The quantitative estimate of drug-likeness (QED) is 0.864. The lowest BCUT2D eigenvalue weighted by molar-refractivity contribution is 0.530. The van der Waals surface area contributed by atoms with Gasteiger partial charge in [-0.25, -0.2) is 4.98 Å². The van der Waals surface area contributed by atoms with Crippen molar-refractivity contribution in [3.05, 3.63) is 22.8 Å². The van der Waals surface area contributed by atoms with Crippen molar-refractivity contribution in [2.75, 3.05) is 18.5 Å². The first-order chi connectivity index (χ1) is 9.61. The van der Waals surface area contributed by atoms with Crippen LogP contribution in [0.15, 0.2) is 12.1 Å². The van der Waals surface area contributed by atoms with Crippen molar-refractivity contribution >= 4 is 17.4 Å². The number of nitrogens with zero attached hydrogens (tertiary/aromatic N) is 2. The Bertz CT molecular complexity index is 428. The highest BCUT2D eigenvalue weighted by Crippen LogP contribution is 2.29. The smallest absolute Gasteiger partial charge is 0.129 e. The van der Waals surface area contributed by atoms with Gasteiger partial charge >= 0.3 is 0 Å². The van der Waals surface area contributed by atoms with Gasteiger partial charge in [0.2, 0.25) is 0 Å². The molecule has 1 heterocycles. The molecule has 0 aliphatic heterocycles. The highest BCUT2D eigenvalue weighted by atomic mass is 35.5. The molecular formula is C16H26ClN3. The van der Waals surface area contributed by atoms with Crippen LogP contribution in [-0.4, -0.2) is 24.6 Å². The molecule has 2 rings (SSSR count). The molecule has 0 aromatic carbocycles. The molecule has 0 bridgehead atoms. The first-order valence-electron chi connectivity index (χ1n) is 7.68. The van der Waals surface area contributed by atoms with E-state index in [4.69, 9.17) is 16.6 Å². The largest absolute Gasteiger partial charge is 0.353 e. The number of rotatable bonds is 6. The highest BCUT2D eigenvalue weighted by Gasteiger charge is 2.24. The van der Waals surface area contributed by atoms with Crippen LogP contribution in [0.1, 0.15) is 45.2 Å². The Morgan fingerprint density at radius 1 is 1.35 bits per heavy atom. The van der Waals surface area contributed by atoms with Crippen LogP contribution in [0.3, 0.4) is 0 Å². The minimum absolute atomic E-state index is 0.640. The molecule has 112 valence electrons. The maximum atomic E-state index is 6.22. The summed E-state index contributed by atoms with van der Waals surface area (Å²) >= 11 is 6.22. The van der Waals surface area contributed by atoms with E-state index in [1.165, 1.54) is 25.7 Å². The van der Waals surface area contributed by atoms with Gasteiger partial charge in [-0.15, -0.1) is 0 Å². The fraction of sp³-hybridized carbons (Fsp3) is 0.688. The van der Waals surface area contributed by atoms with Gasteiger partial charge in [-0.3, -0.25) is 0 Å². The van der Waals surface area contributed by atoms with Gasteiger partial charge in [-0.1, -0.05) is 38.3 Å². The molecule has 1 aliphatic carbocycles. The van der Waals surface area contributed by atoms with Crippen molar-refractivity contribution in [3.8, 4) is 0 Å². The molecule has 1 aliphatic rings. The Hall–Kier alpha value is -0.800. The Labute approximate surface area is 127 Å². The van der Waals surface area contributed by atoms with E-state index in [0.29, 0.717) is 18.5 Å². The van der Waals surface area contributed by atoms with Crippen LogP contribution < -0.4 is 10.2 Å². The average Bonchev–Trinajstić information content (AvgIpc) is 2.92. The van der Waals surface area contributed by atoms with Gasteiger partial charge in [0, 0.05) is 19.1 Å². The molecule has 0 atom stereocenters. The standard InChI is InChI=1S/C16H26ClN3/c1-12(2)11-20(13-6-4-5-7-13)16-9-8-14(17)15(19-16)10-18-3/h8-9,12-13,18H,4-7,10-11H2,1-3H3. The predicted octanol–water partition coefficient (Wildman–Crippen LogP) is 3.86. The Balaban J connectivity index is 2.24. The molecule has 1 aromatic heterocycles. The van der Waals surface area contributed by atoms with Crippen LogP contribution in [0.4, 0.5) is 5.82 Å². The number of nitrogens with one attached hydrogen (secondary N) is 1. The van der Waals surface area contributed by atoms with Gasteiger partial charge in [0.25, 0.3) is 0 Å². The summed E-state index contributed by atoms with van der Waals surface area (Å²) < 4.78 is 0. The molecule has 1 saturated carbocycles. The van der Waals surface area contributed by atoms with Crippen molar-refractivity contribution in [1.29, 1.82) is 0 Å². The second-order valence-electron chi connectivity index (χ2n) is 6.11. The fourth-order valence-electron chi connectivity index (χ4n) is 2.96. The summed E-state index contributed by atoms with van der Waals surface area (Å²) in [4.78, 5) is 7.28. The van der Waals surface area contributed by atoms with E-state index in [1.54, 1.807) is 0 Å². The molecule has 3 nitrogen and oxygen atoms in total. The molecule has 0 radical (unpaired) electrons. The van der Waals surface area contributed by atoms with Crippen LogP contribution >= 0.6 is 11.6 Å². The monoisotopic (exact) mass is 295 g/mol. The molecule has 1 N–H and O–H groups in total. The maximum absolute atomic E-state index is 6.22. The van der Waals surface area contributed by atoms with E-state index in [1.807, 2.05) is 13.1 Å². The molecule has 0 saturated heterocycles. The summed E-state index contributed by atoms with van der Waals surface area (Å²) in [6, 6.07) is 4.70. The van der Waals surface area contributed by atoms with Gasteiger partial charge in [-0.2, -0.15) is 0 Å². The van der Waals surface area contributed by atoms with Crippen molar-refractivity contribution < 1.29 is 0 Å². The molecular weight excluding hydrogens is 270 g/mol. The predicted molar refractivity (Wildman–Crippen MR) is 86.5 cm³/mol. The van der Waals surface area contributed by atoms with Crippen LogP contribution in [0.5, 0.6) is 0 Å². The lowest BCUT2D eigenvalue weighted by atomic mass is 10.1. The molecule has 4 heteroatoms. The van der Waals surface area contributed by atoms with Crippen molar-refractivity contribution in [1.82, 2.24) is 10.3 Å². The van der Waals surface area contributed by atoms with Gasteiger partial charge in [0.05, 0.1) is 10.7 Å². The second-order valence-corrected chi connectivity index (χ2v) is 6.52. The highest BCUT2D eigenvalue weighted by molar-refractivity contribution is 6.31. The van der Waals surface area contributed by atoms with Crippen LogP contribution in [0.25, 0.3) is 0 Å². The Morgan fingerprint density at radius 2 is 2.05 bits per heavy atom. The van der Waals surface area contributed by atoms with E-state index in [9.17, 15) is 0 Å². The van der Waals surface area contributed by atoms with Crippen molar-refractivity contribution in [2.45, 2.75) is 52.1 Å². The van der Waals surface area contributed by atoms with Gasteiger partial charge in [0.1, 0.15) is 5.82 Å². The second kappa shape index (κ2) is 7.28. The lowest BCUT2D eigenvalue weighted by Crippen LogP contribution is -2.37. The summed E-state index contributed by atoms with van der Waals surface area (Å²) in [5, 5.41) is 3.88. The third-order valence-electron chi connectivity index (χ3n) is 3.87. The molecule has 20 heavy (non-hydrogen) atoms. The first kappa shape index (κ1) is 15.6. The molecule has 1 fully saturated rings. The fourth-order valence-corrected chi connectivity index (χ4v) is 3.14. The minimum Gasteiger partial charge on any atom is -0.353 e. The summed E-state index contributed by atoms with van der Waals surface area (Å²) in [7, 11) is 1.92. The van der Waals surface area contributed by atoms with Crippen molar-refractivity contribution in [2.24, 2.45) is 5.92 Å². The summed E-state index contributed by atoms with van der Waals surface area (Å²) in [5.41, 5.74) is 0.943. The number of hydrogen-bond acceptors (Lipinski definition) is 3. The number of halogens is 1. The van der Waals surface area contributed by atoms with E-state index < -0.39 is 0 Å². The zero-order valence-corrected chi connectivity index (χ0v) is 13.6. The van der Waals surface area contributed by atoms with E-state index in [2.05, 4.69) is 30.1 Å². The summed E-state index contributed by atoms with van der Waals surface area (Å²) in [5.74, 6) is 1.72. The van der Waals surface area contributed by atoms with Crippen LogP contribution in [0.2, 0.25) is 5.02 Å². The van der Waals surface area contributed by atoms with E-state index in [-0.39, 0.29) is 0 Å². The zero-order valence-electron chi connectivity index (χ0n) is 12.8. The number of pyridine rings is 1. The lowest BCUT2D eigenvalue weighted by Gasteiger charge is -2.32. The molecule has 0 unspecified atom stereocenters. The topological polar surface area (TPSA) is 28.2 Å². The number of aromatic nitrogens is 1. The number of anilines is 1. The SMILES string of the molecule is CNCc1nc(N(CC(C)C)C2CCCC2)ccc1Cl. The van der Waals surface area contributed by atoms with Crippen molar-refractivity contribution in [3.63, 3.8) is 0 Å². The molecule has 1 aromatic rings. The van der Waals surface area contributed by atoms with Gasteiger partial charge < -0.3 is 10.2 Å². The van der Waals surface area contributed by atoms with E-state index in [0.717, 1.165) is 23.1 Å². The third kappa shape index (κ3) is 3.86. The Morgan fingerprint density at radius 3 is 2.65 bits per heavy atom. The molecule has 0 spiro atoms. The number of hydrogen-bond donors (Lipinski definition) is 1. The Kier molecular flexibility index (Phi) is 5.67. The zero-order chi connectivity index (χ0) is 14.5. The van der Waals surface area contributed by atoms with E-state index >= 15 is 0 Å². The van der Waals surface area contributed by atoms with Crippen LogP contribution in [-0.2, 0) is 6.54 Å². The normalized spacial score (nSPS) is 16.1. The minimum atomic E-state index is 0.640. The summed E-state index contributed by atoms with van der Waals surface area (Å²) in [6.45, 7) is 6.32. The third-order valence-corrected chi connectivity index (χ3v) is 4.21. The van der Waals surface area contributed by atoms with Gasteiger partial charge in [-0.05, 0) is 37.9 Å². The summed E-state index contributed by atoms with van der Waals surface area (Å²) in [6.07, 6.45) is 5.27. The molecule has 0 amide bonds. The van der Waals surface area contributed by atoms with Gasteiger partial charge in [0.15, 0.2) is 0 Å². The van der Waals surface area contributed by atoms with Crippen LogP contribution in [0, 0.1) is 5.92 Å². The average molecular weight is 296 g/mol.